The van der Waals surface area contributed by atoms with Crippen molar-refractivity contribution in [3.8, 4) is 11.5 Å². The molecule has 6 nitrogen and oxygen atoms in total. The largest absolute Gasteiger partial charge is 0.494 e. The lowest BCUT2D eigenvalue weighted by molar-refractivity contribution is 0.0734. The number of nitrogens with one attached hydrogen (secondary N) is 1. The van der Waals surface area contributed by atoms with Crippen molar-refractivity contribution in [3.63, 3.8) is 0 Å². The summed E-state index contributed by atoms with van der Waals surface area (Å²) in [6.07, 6.45) is 2.44. The number of ether oxygens (including phenoxy) is 2. The van der Waals surface area contributed by atoms with Gasteiger partial charge >= 0.3 is 5.97 Å². The number of nitrogens with zero attached hydrogens (tertiary/aromatic N) is 1. The minimum atomic E-state index is -0.450. The van der Waals surface area contributed by atoms with Crippen molar-refractivity contribution in [2.24, 2.45) is 5.10 Å². The lowest BCUT2D eigenvalue weighted by Crippen LogP contribution is -2.17. The highest BCUT2D eigenvalue weighted by molar-refractivity contribution is 5.95. The molecule has 0 aromatic heterocycles. The number of benzene rings is 3. The van der Waals surface area contributed by atoms with Gasteiger partial charge in [0.05, 0.1) is 18.4 Å². The quantitative estimate of drug-likeness (QED) is 0.248. The van der Waals surface area contributed by atoms with E-state index in [0.717, 1.165) is 23.3 Å². The minimum Gasteiger partial charge on any atom is -0.494 e. The van der Waals surface area contributed by atoms with E-state index in [0.29, 0.717) is 23.5 Å². The molecule has 1 N–H and O–H groups in total. The van der Waals surface area contributed by atoms with Crippen molar-refractivity contribution in [1.29, 1.82) is 0 Å². The molecular weight excluding hydrogens is 392 g/mol. The third-order valence-electron chi connectivity index (χ3n) is 4.35. The predicted molar refractivity (Wildman–Crippen MR) is 120 cm³/mol. The van der Waals surface area contributed by atoms with Gasteiger partial charge in [-0.1, -0.05) is 24.6 Å². The number of carbonyl (C=O) groups is 2. The Kier molecular flexibility index (Phi) is 7.54. The lowest BCUT2D eigenvalue weighted by Gasteiger charge is -2.07. The fourth-order valence-corrected chi connectivity index (χ4v) is 2.63. The maximum Gasteiger partial charge on any atom is 0.343 e. The van der Waals surface area contributed by atoms with Crippen molar-refractivity contribution in [3.05, 3.63) is 95.1 Å². The highest BCUT2D eigenvalue weighted by atomic mass is 16.5. The molecule has 0 radical (unpaired) electrons. The predicted octanol–water partition coefficient (Wildman–Crippen LogP) is 4.77. The molecule has 0 aliphatic carbocycles. The van der Waals surface area contributed by atoms with Crippen molar-refractivity contribution in [2.45, 2.75) is 20.3 Å². The van der Waals surface area contributed by atoms with E-state index in [9.17, 15) is 9.59 Å². The van der Waals surface area contributed by atoms with Gasteiger partial charge in [-0.3, -0.25) is 4.79 Å². The van der Waals surface area contributed by atoms with Crippen LogP contribution in [0.1, 0.15) is 45.2 Å². The second-order valence-electron chi connectivity index (χ2n) is 6.90. The average molecular weight is 416 g/mol. The zero-order valence-electron chi connectivity index (χ0n) is 17.5. The van der Waals surface area contributed by atoms with Crippen LogP contribution in [0.3, 0.4) is 0 Å². The normalized spacial score (nSPS) is 10.6. The molecule has 31 heavy (non-hydrogen) atoms. The molecule has 6 heteroatoms. The van der Waals surface area contributed by atoms with Gasteiger partial charge in [0.1, 0.15) is 11.5 Å². The molecule has 3 aromatic rings. The molecule has 0 saturated carbocycles. The maximum atomic E-state index is 12.3. The summed E-state index contributed by atoms with van der Waals surface area (Å²) in [5, 5.41) is 3.96. The topological polar surface area (TPSA) is 77.0 Å². The number of hydrazone groups is 1. The van der Waals surface area contributed by atoms with Crippen LogP contribution in [0.25, 0.3) is 0 Å². The molecule has 0 unspecified atom stereocenters. The fraction of sp³-hybridized carbons (Fsp3) is 0.160. The van der Waals surface area contributed by atoms with E-state index in [-0.39, 0.29) is 5.91 Å². The van der Waals surface area contributed by atoms with Gasteiger partial charge in [-0.15, -0.1) is 0 Å². The Hall–Kier alpha value is -3.93. The zero-order chi connectivity index (χ0) is 22.1. The van der Waals surface area contributed by atoms with E-state index >= 15 is 0 Å². The van der Waals surface area contributed by atoms with Crippen LogP contribution in [-0.2, 0) is 0 Å². The van der Waals surface area contributed by atoms with E-state index in [1.54, 1.807) is 60.7 Å². The van der Waals surface area contributed by atoms with Gasteiger partial charge in [0.2, 0.25) is 0 Å². The van der Waals surface area contributed by atoms with Crippen molar-refractivity contribution >= 4 is 18.1 Å². The Morgan fingerprint density at radius 2 is 1.48 bits per heavy atom. The first-order chi connectivity index (χ1) is 15.0. The van der Waals surface area contributed by atoms with Gasteiger partial charge < -0.3 is 9.47 Å². The third kappa shape index (κ3) is 6.54. The van der Waals surface area contributed by atoms with E-state index < -0.39 is 5.97 Å². The molecule has 158 valence electrons. The summed E-state index contributed by atoms with van der Waals surface area (Å²) in [4.78, 5) is 24.3. The smallest absolute Gasteiger partial charge is 0.343 e. The molecule has 0 spiro atoms. The Bertz CT molecular complexity index is 1040. The minimum absolute atomic E-state index is 0.284. The van der Waals surface area contributed by atoms with Gasteiger partial charge in [0, 0.05) is 5.56 Å². The van der Waals surface area contributed by atoms with Crippen LogP contribution in [-0.4, -0.2) is 24.7 Å². The van der Waals surface area contributed by atoms with Crippen LogP contribution in [0.15, 0.2) is 77.9 Å². The molecular formula is C25H24N2O4. The molecule has 0 atom stereocenters. The van der Waals surface area contributed by atoms with E-state index in [2.05, 4.69) is 10.5 Å². The van der Waals surface area contributed by atoms with Crippen LogP contribution in [0.4, 0.5) is 0 Å². The molecule has 0 heterocycles. The van der Waals surface area contributed by atoms with Crippen molar-refractivity contribution in [1.82, 2.24) is 5.43 Å². The number of carbonyl (C=O) groups excluding carboxylic acids is 2. The van der Waals surface area contributed by atoms with E-state index in [1.807, 2.05) is 26.0 Å². The zero-order valence-corrected chi connectivity index (χ0v) is 17.5. The summed E-state index contributed by atoms with van der Waals surface area (Å²) in [7, 11) is 0. The van der Waals surface area contributed by atoms with Crippen LogP contribution >= 0.6 is 0 Å². The summed E-state index contributed by atoms with van der Waals surface area (Å²) in [5.41, 5.74) is 5.30. The van der Waals surface area contributed by atoms with Gasteiger partial charge in [0.25, 0.3) is 5.91 Å². The Morgan fingerprint density at radius 3 is 2.13 bits per heavy atom. The molecule has 0 aliphatic rings. The summed E-state index contributed by atoms with van der Waals surface area (Å²) < 4.78 is 10.9. The Morgan fingerprint density at radius 1 is 0.871 bits per heavy atom. The first kappa shape index (κ1) is 21.8. The van der Waals surface area contributed by atoms with Gasteiger partial charge in [0.15, 0.2) is 0 Å². The van der Waals surface area contributed by atoms with Crippen LogP contribution in [0.5, 0.6) is 11.5 Å². The number of hydrogen-bond acceptors (Lipinski definition) is 5. The molecule has 3 rings (SSSR count). The molecule has 0 bridgehead atoms. The third-order valence-corrected chi connectivity index (χ3v) is 4.35. The average Bonchev–Trinajstić information content (AvgIpc) is 2.79. The van der Waals surface area contributed by atoms with Crippen molar-refractivity contribution < 1.29 is 19.1 Å². The SMILES string of the molecule is CCCOc1ccc(C(=O)Oc2ccc(/C=N/NC(=O)c3ccc(C)cc3)cc2)cc1. The molecule has 0 aliphatic heterocycles. The van der Waals surface area contributed by atoms with E-state index in [1.165, 1.54) is 6.21 Å². The van der Waals surface area contributed by atoms with Crippen LogP contribution in [0, 0.1) is 6.92 Å². The maximum absolute atomic E-state index is 12.3. The lowest BCUT2D eigenvalue weighted by atomic mass is 10.1. The van der Waals surface area contributed by atoms with Crippen LogP contribution in [0.2, 0.25) is 0 Å². The standard InChI is InChI=1S/C25H24N2O4/c1-3-16-30-22-14-10-21(11-15-22)25(29)31-23-12-6-19(7-13-23)17-26-27-24(28)20-8-4-18(2)5-9-20/h4-15,17H,3,16H2,1-2H3,(H,27,28)/b26-17+. The van der Waals surface area contributed by atoms with Gasteiger partial charge in [-0.05, 0) is 79.6 Å². The number of amides is 1. The molecule has 0 saturated heterocycles. The molecule has 0 fully saturated rings. The first-order valence-corrected chi connectivity index (χ1v) is 10.0. The number of rotatable bonds is 8. The second-order valence-corrected chi connectivity index (χ2v) is 6.90. The first-order valence-electron chi connectivity index (χ1n) is 10.0. The number of aryl methyl sites for hydroxylation is 1. The highest BCUT2D eigenvalue weighted by Crippen LogP contribution is 2.16. The van der Waals surface area contributed by atoms with Gasteiger partial charge in [-0.2, -0.15) is 5.10 Å². The Balaban J connectivity index is 1.52. The highest BCUT2D eigenvalue weighted by Gasteiger charge is 2.09. The number of esters is 1. The summed E-state index contributed by atoms with van der Waals surface area (Å²) in [5.74, 6) is 0.399. The molecule has 1 amide bonds. The van der Waals surface area contributed by atoms with Crippen LogP contribution < -0.4 is 14.9 Å². The summed E-state index contributed by atoms with van der Waals surface area (Å²) in [6.45, 7) is 4.62. The van der Waals surface area contributed by atoms with E-state index in [4.69, 9.17) is 9.47 Å². The van der Waals surface area contributed by atoms with Gasteiger partial charge in [-0.25, -0.2) is 10.2 Å². The van der Waals surface area contributed by atoms with Crippen molar-refractivity contribution in [2.75, 3.05) is 6.61 Å². The second kappa shape index (κ2) is 10.7. The monoisotopic (exact) mass is 416 g/mol. The number of hydrogen-bond donors (Lipinski definition) is 1. The fourth-order valence-electron chi connectivity index (χ4n) is 2.63. The Labute approximate surface area is 181 Å². The summed E-state index contributed by atoms with van der Waals surface area (Å²) >= 11 is 0. The molecule has 3 aromatic carbocycles. The summed E-state index contributed by atoms with van der Waals surface area (Å²) in [6, 6.07) is 20.9.